The largest absolute Gasteiger partial charge is 0.369 e. The number of hydrogen-bond acceptors (Lipinski definition) is 4. The minimum absolute atomic E-state index is 0.0208. The van der Waals surface area contributed by atoms with Gasteiger partial charge in [-0.15, -0.1) is 0 Å². The van der Waals surface area contributed by atoms with Crippen LogP contribution in [0, 0.1) is 0 Å². The van der Waals surface area contributed by atoms with E-state index in [9.17, 15) is 4.79 Å². The molecule has 0 atom stereocenters. The van der Waals surface area contributed by atoms with Crippen molar-refractivity contribution in [2.75, 3.05) is 31.1 Å². The van der Waals surface area contributed by atoms with E-state index in [4.69, 9.17) is 0 Å². The highest BCUT2D eigenvalue weighted by molar-refractivity contribution is 7.16. The van der Waals surface area contributed by atoms with Crippen molar-refractivity contribution in [1.82, 2.24) is 10.3 Å². The first-order valence-electron chi connectivity index (χ1n) is 5.41. The molecular weight excluding hydrogens is 222 g/mol. The minimum Gasteiger partial charge on any atom is -0.369 e. The maximum Gasteiger partial charge on any atom is 0.305 e. The van der Waals surface area contributed by atoms with Gasteiger partial charge in [0.2, 0.25) is 0 Å². The van der Waals surface area contributed by atoms with E-state index < -0.39 is 0 Å². The lowest BCUT2D eigenvalue weighted by Gasteiger charge is -2.29. The number of benzene rings is 1. The Hall–Kier alpha value is -1.33. The fourth-order valence-electron chi connectivity index (χ4n) is 2.05. The number of thiazole rings is 1. The Morgan fingerprint density at radius 1 is 1.25 bits per heavy atom. The highest BCUT2D eigenvalue weighted by Crippen LogP contribution is 2.22. The molecule has 0 saturated carbocycles. The van der Waals surface area contributed by atoms with Crippen LogP contribution in [0.25, 0.3) is 10.2 Å². The van der Waals surface area contributed by atoms with E-state index in [2.05, 4.69) is 27.3 Å². The number of piperazine rings is 1. The van der Waals surface area contributed by atoms with E-state index in [1.807, 2.05) is 6.07 Å². The monoisotopic (exact) mass is 235 g/mol. The predicted molar refractivity (Wildman–Crippen MR) is 67.5 cm³/mol. The summed E-state index contributed by atoms with van der Waals surface area (Å²) in [4.78, 5) is 16.4. The Morgan fingerprint density at radius 2 is 2.06 bits per heavy atom. The second kappa shape index (κ2) is 3.92. The van der Waals surface area contributed by atoms with Crippen LogP contribution in [0.3, 0.4) is 0 Å². The molecule has 0 unspecified atom stereocenters. The second-order valence-corrected chi connectivity index (χ2v) is 4.95. The molecular formula is C11H13N3OS. The molecule has 0 spiro atoms. The van der Waals surface area contributed by atoms with Crippen LogP contribution < -0.4 is 15.1 Å². The SMILES string of the molecule is O=c1[nH]c2ccc(N3CCNCC3)cc2s1. The maximum atomic E-state index is 11.2. The zero-order valence-corrected chi connectivity index (χ0v) is 9.64. The van der Waals surface area contributed by atoms with Gasteiger partial charge in [-0.1, -0.05) is 11.3 Å². The molecule has 84 valence electrons. The van der Waals surface area contributed by atoms with E-state index in [0.717, 1.165) is 36.4 Å². The fourth-order valence-corrected chi connectivity index (χ4v) is 2.82. The Balaban J connectivity index is 2.00. The maximum absolute atomic E-state index is 11.2. The normalized spacial score (nSPS) is 16.9. The zero-order valence-electron chi connectivity index (χ0n) is 8.82. The van der Waals surface area contributed by atoms with Crippen LogP contribution in [0.2, 0.25) is 0 Å². The molecule has 2 aromatic rings. The summed E-state index contributed by atoms with van der Waals surface area (Å²) < 4.78 is 1.04. The summed E-state index contributed by atoms with van der Waals surface area (Å²) in [5.41, 5.74) is 2.15. The first-order chi connectivity index (χ1) is 7.83. The summed E-state index contributed by atoms with van der Waals surface area (Å²) in [6.45, 7) is 4.12. The molecule has 5 heteroatoms. The van der Waals surface area contributed by atoms with Crippen LogP contribution in [0.4, 0.5) is 5.69 Å². The molecule has 1 aliphatic rings. The third kappa shape index (κ3) is 1.72. The highest BCUT2D eigenvalue weighted by Gasteiger charge is 2.11. The summed E-state index contributed by atoms with van der Waals surface area (Å²) in [6, 6.07) is 6.17. The molecule has 1 aromatic carbocycles. The summed E-state index contributed by atoms with van der Waals surface area (Å²) in [7, 11) is 0. The van der Waals surface area contributed by atoms with Crippen molar-refractivity contribution in [3.63, 3.8) is 0 Å². The number of hydrogen-bond donors (Lipinski definition) is 2. The Bertz CT molecular complexity index is 554. The van der Waals surface area contributed by atoms with Crippen LogP contribution in [0.1, 0.15) is 0 Å². The van der Waals surface area contributed by atoms with Crippen molar-refractivity contribution < 1.29 is 0 Å². The van der Waals surface area contributed by atoms with Crippen LogP contribution in [-0.4, -0.2) is 31.2 Å². The summed E-state index contributed by atoms with van der Waals surface area (Å²) >= 11 is 1.28. The number of rotatable bonds is 1. The number of anilines is 1. The summed E-state index contributed by atoms with van der Waals surface area (Å²) in [5.74, 6) is 0. The molecule has 2 heterocycles. The summed E-state index contributed by atoms with van der Waals surface area (Å²) in [6.07, 6.45) is 0. The van der Waals surface area contributed by atoms with E-state index in [1.165, 1.54) is 17.0 Å². The van der Waals surface area contributed by atoms with Crippen molar-refractivity contribution in [3.8, 4) is 0 Å². The van der Waals surface area contributed by atoms with E-state index in [0.29, 0.717) is 0 Å². The number of aromatic amines is 1. The van der Waals surface area contributed by atoms with Gasteiger partial charge in [0.1, 0.15) is 0 Å². The van der Waals surface area contributed by atoms with Gasteiger partial charge in [-0.05, 0) is 18.2 Å². The van der Waals surface area contributed by atoms with Crippen molar-refractivity contribution in [1.29, 1.82) is 0 Å². The molecule has 16 heavy (non-hydrogen) atoms. The highest BCUT2D eigenvalue weighted by atomic mass is 32.1. The van der Waals surface area contributed by atoms with Gasteiger partial charge in [-0.25, -0.2) is 0 Å². The van der Waals surface area contributed by atoms with E-state index in [-0.39, 0.29) is 4.87 Å². The average Bonchev–Trinajstić information content (AvgIpc) is 2.69. The lowest BCUT2D eigenvalue weighted by molar-refractivity contribution is 0.589. The van der Waals surface area contributed by atoms with E-state index >= 15 is 0 Å². The molecule has 2 N–H and O–H groups in total. The standard InChI is InChI=1S/C11H13N3OS/c15-11-13-9-2-1-8(7-10(9)16-11)14-5-3-12-4-6-14/h1-2,7,12H,3-6H2,(H,13,15). The van der Waals surface area contributed by atoms with Crippen molar-refractivity contribution >= 4 is 27.2 Å². The second-order valence-electron chi connectivity index (χ2n) is 3.93. The van der Waals surface area contributed by atoms with Gasteiger partial charge in [0.25, 0.3) is 0 Å². The Kier molecular flexibility index (Phi) is 2.41. The molecule has 1 aliphatic heterocycles. The minimum atomic E-state index is 0.0208. The van der Waals surface area contributed by atoms with Gasteiger partial charge < -0.3 is 15.2 Å². The molecule has 1 fully saturated rings. The molecule has 1 aromatic heterocycles. The van der Waals surface area contributed by atoms with Gasteiger partial charge in [-0.2, -0.15) is 0 Å². The topological polar surface area (TPSA) is 48.1 Å². The van der Waals surface area contributed by atoms with Gasteiger partial charge in [0.15, 0.2) is 0 Å². The molecule has 3 rings (SSSR count). The first kappa shape index (κ1) is 9.86. The lowest BCUT2D eigenvalue weighted by atomic mass is 10.2. The number of fused-ring (bicyclic) bond motifs is 1. The van der Waals surface area contributed by atoms with Crippen LogP contribution in [0.5, 0.6) is 0 Å². The quantitative estimate of drug-likeness (QED) is 0.775. The van der Waals surface area contributed by atoms with Crippen LogP contribution in [-0.2, 0) is 0 Å². The smallest absolute Gasteiger partial charge is 0.305 e. The van der Waals surface area contributed by atoms with Crippen LogP contribution >= 0.6 is 11.3 Å². The van der Waals surface area contributed by atoms with Crippen molar-refractivity contribution in [2.24, 2.45) is 0 Å². The predicted octanol–water partition coefficient (Wildman–Crippen LogP) is 0.999. The van der Waals surface area contributed by atoms with Crippen molar-refractivity contribution in [3.05, 3.63) is 27.9 Å². The molecule has 0 aliphatic carbocycles. The van der Waals surface area contributed by atoms with E-state index in [1.54, 1.807) is 0 Å². The fraction of sp³-hybridized carbons (Fsp3) is 0.364. The molecule has 0 radical (unpaired) electrons. The van der Waals surface area contributed by atoms with Gasteiger partial charge >= 0.3 is 4.87 Å². The third-order valence-corrected chi connectivity index (χ3v) is 3.73. The molecule has 0 amide bonds. The molecule has 1 saturated heterocycles. The number of H-pyrrole nitrogens is 1. The first-order valence-corrected chi connectivity index (χ1v) is 6.23. The average molecular weight is 235 g/mol. The van der Waals surface area contributed by atoms with Gasteiger partial charge in [0, 0.05) is 31.9 Å². The Morgan fingerprint density at radius 3 is 2.88 bits per heavy atom. The Labute approximate surface area is 96.9 Å². The van der Waals surface area contributed by atoms with Gasteiger partial charge in [0.05, 0.1) is 10.2 Å². The summed E-state index contributed by atoms with van der Waals surface area (Å²) in [5, 5.41) is 3.33. The number of nitrogens with one attached hydrogen (secondary N) is 2. The number of nitrogens with zero attached hydrogens (tertiary/aromatic N) is 1. The van der Waals surface area contributed by atoms with Crippen LogP contribution in [0.15, 0.2) is 23.0 Å². The van der Waals surface area contributed by atoms with Gasteiger partial charge in [-0.3, -0.25) is 4.79 Å². The molecule has 4 nitrogen and oxygen atoms in total. The number of aromatic nitrogens is 1. The zero-order chi connectivity index (χ0) is 11.0. The lowest BCUT2D eigenvalue weighted by Crippen LogP contribution is -2.43. The third-order valence-electron chi connectivity index (χ3n) is 2.89. The van der Waals surface area contributed by atoms with Crippen molar-refractivity contribution in [2.45, 2.75) is 0 Å². The molecule has 0 bridgehead atoms.